The van der Waals surface area contributed by atoms with Gasteiger partial charge in [-0.05, 0) is 274 Å². The van der Waals surface area contributed by atoms with Gasteiger partial charge in [0.15, 0.2) is 0 Å². The van der Waals surface area contributed by atoms with E-state index in [1.54, 1.807) is 0 Å². The summed E-state index contributed by atoms with van der Waals surface area (Å²) in [5, 5.41) is 19.7. The molecule has 15 heterocycles. The summed E-state index contributed by atoms with van der Waals surface area (Å²) in [4.78, 5) is 40.7. The lowest BCUT2D eigenvalue weighted by molar-refractivity contribution is 1.04. The molecule has 12 nitrogen and oxygen atoms in total. The summed E-state index contributed by atoms with van der Waals surface area (Å²) < 4.78 is 0. The number of hydrogen-bond acceptors (Lipinski definition) is 8. The number of azo groups is 2. The lowest BCUT2D eigenvalue weighted by Gasteiger charge is -2.14. The molecule has 0 fully saturated rings. The third-order valence-electron chi connectivity index (χ3n) is 27.0. The number of aliphatic imine (C=N–C) groups is 4. The first kappa shape index (κ1) is 86.8. The van der Waals surface area contributed by atoms with Crippen LogP contribution >= 0.6 is 0 Å². The predicted molar refractivity (Wildman–Crippen MR) is 537 cm³/mol. The molecular formula is C116H120N12. The van der Waals surface area contributed by atoms with Gasteiger partial charge in [0.1, 0.15) is 0 Å². The number of aromatic amines is 4. The first-order chi connectivity index (χ1) is 62.8. The summed E-state index contributed by atoms with van der Waals surface area (Å²) in [5.74, 6) is 0. The number of H-pyrrole nitrogens is 4. The Morgan fingerprint density at radius 1 is 0.164 bits per heavy atom. The van der Waals surface area contributed by atoms with Crippen LogP contribution in [0, 0.1) is 0 Å². The Hall–Kier alpha value is -13.3. The van der Waals surface area contributed by atoms with E-state index in [-0.39, 0.29) is 0 Å². The minimum Gasteiger partial charge on any atom is -0.354 e. The number of hydrogen-bond donors (Lipinski definition) is 4. The molecule has 4 N–H and O–H groups in total. The molecule has 0 saturated carbocycles. The van der Waals surface area contributed by atoms with E-state index in [9.17, 15) is 0 Å². The highest BCUT2D eigenvalue weighted by Gasteiger charge is 2.38. The second kappa shape index (κ2) is 38.1. The molecule has 4 aromatic heterocycles. The van der Waals surface area contributed by atoms with Crippen LogP contribution in [0.4, 0.5) is 22.7 Å². The smallest absolute Gasteiger partial charge is 0.0910 e. The van der Waals surface area contributed by atoms with Crippen LogP contribution in [0.2, 0.25) is 0 Å². The highest BCUT2D eigenvalue weighted by Crippen LogP contribution is 2.51. The van der Waals surface area contributed by atoms with Gasteiger partial charge in [-0.1, -0.05) is 281 Å². The maximum Gasteiger partial charge on any atom is 0.0910 e. The van der Waals surface area contributed by atoms with Crippen molar-refractivity contribution < 1.29 is 0 Å². The molecule has 0 saturated heterocycles. The molecule has 0 spiro atoms. The highest BCUT2D eigenvalue weighted by molar-refractivity contribution is 6.21. The van der Waals surface area contributed by atoms with Crippen molar-refractivity contribution in [2.75, 3.05) is 0 Å². The summed E-state index contributed by atoms with van der Waals surface area (Å²) in [6.07, 6.45) is 13.1. The van der Waals surface area contributed by atoms with Gasteiger partial charge in [0, 0.05) is 44.8 Å². The average molecular weight is 1680 g/mol. The van der Waals surface area contributed by atoms with Crippen molar-refractivity contribution in [2.45, 2.75) is 214 Å². The number of nitrogens with zero attached hydrogens (tertiary/aromatic N) is 8. The SMILES string of the molecule is CCC1=C(CC)C2=C(c3ccccc3)c3[nH]c(c(CC)c3CC)C3=NC(=C(c4ccccc4)c4[nH]c(c(CC)c4CC)-c4ccc(cc4)N=Nc4ccc(cc4)C4=NC(=C(c5ccccc5)c5[nH]c(c(CC)c5CC)C5=N/C(=C(/c6ccccc6)c6[nH]c(c(CC)c6CC)-c6ccc(cc6)N=Nc6ccc(cc6)C1=N2)C(CC)=C5CC)C(CC)=C4CC)C(CC)=C3CC. The molecule has 644 valence electrons. The topological polar surface area (TPSA) is 162 Å². The second-order valence-corrected chi connectivity index (χ2v) is 33.6. The van der Waals surface area contributed by atoms with Gasteiger partial charge in [-0.2, -0.15) is 20.5 Å². The van der Waals surface area contributed by atoms with Crippen LogP contribution < -0.4 is 0 Å². The maximum absolute atomic E-state index is 6.06. The number of nitrogens with one attached hydrogen (secondary N) is 4. The first-order valence-corrected chi connectivity index (χ1v) is 47.5. The van der Waals surface area contributed by atoms with E-state index < -0.39 is 0 Å². The van der Waals surface area contributed by atoms with Crippen molar-refractivity contribution in [3.63, 3.8) is 0 Å². The molecule has 11 aliphatic heterocycles. The second-order valence-electron chi connectivity index (χ2n) is 33.6. The van der Waals surface area contributed by atoms with Crippen LogP contribution in [0.25, 0.3) is 44.8 Å². The van der Waals surface area contributed by atoms with Gasteiger partial charge in [0.25, 0.3) is 0 Å². The Labute approximate surface area is 757 Å². The molecule has 0 amide bonds. The van der Waals surface area contributed by atoms with E-state index in [4.69, 9.17) is 40.4 Å². The molecule has 12 aromatic rings. The van der Waals surface area contributed by atoms with Crippen molar-refractivity contribution in [3.05, 3.63) is 398 Å². The Bertz CT molecular complexity index is 6320. The Morgan fingerprint density at radius 2 is 0.352 bits per heavy atom. The van der Waals surface area contributed by atoms with Gasteiger partial charge in [-0.25, -0.2) is 20.0 Å². The third-order valence-corrected chi connectivity index (χ3v) is 27.0. The van der Waals surface area contributed by atoms with Crippen LogP contribution in [0.1, 0.15) is 274 Å². The van der Waals surface area contributed by atoms with Crippen LogP contribution in [0.5, 0.6) is 0 Å². The van der Waals surface area contributed by atoms with Gasteiger partial charge in [-0.15, -0.1) is 0 Å². The molecule has 0 unspecified atom stereocenters. The summed E-state index contributed by atoms with van der Waals surface area (Å²) in [6, 6.07) is 78.1. The summed E-state index contributed by atoms with van der Waals surface area (Å²) in [6.45, 7) is 36.7. The van der Waals surface area contributed by atoms with Gasteiger partial charge < -0.3 is 19.9 Å². The predicted octanol–water partition coefficient (Wildman–Crippen LogP) is 31.5. The standard InChI is InChI=1S/C116H120N12/c1-17-81-85(21-5)105-97(69-45-37-33-38-46-69)109-89(25-9)93(29-13)113(121-109)114-94(30-14)90(26-10)110(122-114)98(70-47-39-34-40-48-70)106-86(22-6)82(18-2)103(118-106)75-57-65-79(66-58-75)127-128-80-67-59-76(60-68-80)104-84(20-4)88(24-8)108(120-104)100(72-51-43-36-44-52-72)112-92(28-12)96(32-16)116(124-112)115-95(31-15)91(27-11)111(123-115)99(71-49-41-35-42-50-71)107-87(23-7)83(19-3)102(119-107)74-55-63-78(64-56-74)126-125-77-61-53-73(54-62-77)101(81)117-105/h33-68,117,120,122-123H,17-32H2,1-16H3/b101-73?,102-74?,103-75?,104-76?,105-97?,106-98?,107-99?,108-100?,109-97-,110-98?,111-99?,112-100?,114-113?,116-115?,125-77?,126-78?,126-125?,127-79?,128-80?,128-127?. The summed E-state index contributed by atoms with van der Waals surface area (Å²) >= 11 is 0. The molecule has 128 heavy (non-hydrogen) atoms. The van der Waals surface area contributed by atoms with Crippen molar-refractivity contribution >= 4 is 67.9 Å². The summed E-state index contributed by atoms with van der Waals surface area (Å²) in [5.41, 5.74) is 53.7. The summed E-state index contributed by atoms with van der Waals surface area (Å²) in [7, 11) is 0. The van der Waals surface area contributed by atoms with Crippen LogP contribution in [0.3, 0.4) is 0 Å². The van der Waals surface area contributed by atoms with Gasteiger partial charge >= 0.3 is 0 Å². The zero-order chi connectivity index (χ0) is 89.0. The van der Waals surface area contributed by atoms with E-state index in [2.05, 4.69) is 349 Å². The molecular weight excluding hydrogens is 1560 g/mol. The van der Waals surface area contributed by atoms with E-state index in [1.807, 2.05) is 0 Å². The normalized spacial score (nSPS) is 15.5. The highest BCUT2D eigenvalue weighted by atomic mass is 15.1. The van der Waals surface area contributed by atoms with Crippen molar-refractivity contribution in [1.29, 1.82) is 0 Å². The molecule has 12 heteroatoms. The van der Waals surface area contributed by atoms with Crippen molar-refractivity contribution in [1.82, 2.24) is 19.9 Å². The minimum atomic E-state index is 0.764. The molecule has 24 bridgehead atoms. The lowest BCUT2D eigenvalue weighted by Crippen LogP contribution is -2.06. The average Bonchev–Trinajstić information content (AvgIpc) is 1.58. The lowest BCUT2D eigenvalue weighted by atomic mass is 9.89. The largest absolute Gasteiger partial charge is 0.354 e. The van der Waals surface area contributed by atoms with Crippen molar-refractivity contribution in [2.24, 2.45) is 40.4 Å². The van der Waals surface area contributed by atoms with Crippen LogP contribution in [-0.4, -0.2) is 42.8 Å². The monoisotopic (exact) mass is 1680 g/mol. The first-order valence-electron chi connectivity index (χ1n) is 47.5. The van der Waals surface area contributed by atoms with E-state index in [0.717, 1.165) is 283 Å². The van der Waals surface area contributed by atoms with Crippen LogP contribution in [-0.2, 0) is 51.4 Å². The molecule has 11 aliphatic rings. The van der Waals surface area contributed by atoms with Crippen LogP contribution in [0.15, 0.2) is 326 Å². The van der Waals surface area contributed by atoms with E-state index in [1.165, 1.54) is 89.1 Å². The molecule has 0 aliphatic carbocycles. The van der Waals surface area contributed by atoms with Gasteiger partial charge in [0.05, 0.1) is 103 Å². The van der Waals surface area contributed by atoms with Crippen molar-refractivity contribution in [3.8, 4) is 22.5 Å². The van der Waals surface area contributed by atoms with Gasteiger partial charge in [0.2, 0.25) is 0 Å². The number of rotatable bonds is 20. The zero-order valence-corrected chi connectivity index (χ0v) is 77.7. The van der Waals surface area contributed by atoms with E-state index >= 15 is 0 Å². The quantitative estimate of drug-likeness (QED) is 0.0572. The fourth-order valence-electron chi connectivity index (χ4n) is 21.1. The Kier molecular flexibility index (Phi) is 25.8. The maximum atomic E-state index is 6.06. The number of allylic oxidation sites excluding steroid dienone is 8. The van der Waals surface area contributed by atoms with E-state index in [0.29, 0.717) is 0 Å². The minimum absolute atomic E-state index is 0.764. The third kappa shape index (κ3) is 15.5. The fourth-order valence-corrected chi connectivity index (χ4v) is 21.1. The number of aromatic nitrogens is 4. The number of benzene rings is 8. The van der Waals surface area contributed by atoms with Gasteiger partial charge in [-0.3, -0.25) is 0 Å². The Balaban J connectivity index is 0.849. The molecule has 0 atom stereocenters. The fraction of sp³-hybridized carbons (Fsp3) is 0.276. The Morgan fingerprint density at radius 3 is 0.570 bits per heavy atom. The molecule has 23 rings (SSSR count). The molecule has 8 aromatic carbocycles. The zero-order valence-electron chi connectivity index (χ0n) is 77.7. The molecule has 0 radical (unpaired) electrons.